The van der Waals surface area contributed by atoms with Crippen LogP contribution in [0, 0.1) is 0 Å². The second kappa shape index (κ2) is 17.3. The van der Waals surface area contributed by atoms with E-state index >= 15 is 0 Å². The van der Waals surface area contributed by atoms with Gasteiger partial charge in [0.15, 0.2) is 6.29 Å². The molecule has 0 spiro atoms. The summed E-state index contributed by atoms with van der Waals surface area (Å²) in [5.41, 5.74) is 0. The van der Waals surface area contributed by atoms with E-state index in [9.17, 15) is 75.7 Å². The van der Waals surface area contributed by atoms with Crippen LogP contribution in [0.2, 0.25) is 0 Å². The molecule has 268 valence electrons. The SMILES string of the molecule is CC(=O)N[C@H]1[C@H]([C@H](O)[C@H](O)CO)O[C@@](OC[C@H]2O[C@@H](O[C@@H]([C@@H](O)[C@H](O)CO)[C@H](CO)NC(C)=O)[C@H](O)[C@@H](O)[C@H]2O)(C(=O)O)C[C@@H]1O. The van der Waals surface area contributed by atoms with E-state index < -0.39 is 142 Å². The number of carbonyl (C=O) groups is 3. The van der Waals surface area contributed by atoms with Crippen molar-refractivity contribution >= 4 is 17.8 Å². The minimum atomic E-state index is -2.87. The van der Waals surface area contributed by atoms with Crippen molar-refractivity contribution in [1.82, 2.24) is 10.6 Å². The highest BCUT2D eigenvalue weighted by Crippen LogP contribution is 2.35. The number of rotatable bonds is 16. The van der Waals surface area contributed by atoms with Crippen molar-refractivity contribution in [1.29, 1.82) is 0 Å². The first kappa shape index (κ1) is 40.0. The zero-order valence-electron chi connectivity index (χ0n) is 24.8. The average Bonchev–Trinajstić information content (AvgIpc) is 3.00. The Morgan fingerprint density at radius 1 is 0.891 bits per heavy atom. The maximum absolute atomic E-state index is 12.4. The molecule has 2 heterocycles. The largest absolute Gasteiger partial charge is 0.477 e. The predicted molar refractivity (Wildman–Crippen MR) is 144 cm³/mol. The molecule has 21 nitrogen and oxygen atoms in total. The molecule has 46 heavy (non-hydrogen) atoms. The predicted octanol–water partition coefficient (Wildman–Crippen LogP) is -8.44. The van der Waals surface area contributed by atoms with E-state index in [0.29, 0.717) is 0 Å². The summed E-state index contributed by atoms with van der Waals surface area (Å²) in [6, 6.07) is -2.98. The first-order chi connectivity index (χ1) is 21.4. The number of carboxylic acid groups (broad SMARTS) is 1. The molecular formula is C25H44N2O19. The first-order valence-electron chi connectivity index (χ1n) is 14.1. The van der Waals surface area contributed by atoms with E-state index in [1.807, 2.05) is 0 Å². The van der Waals surface area contributed by atoms with E-state index in [2.05, 4.69) is 10.6 Å². The molecule has 0 radical (unpaired) electrons. The molecule has 2 rings (SSSR count). The van der Waals surface area contributed by atoms with E-state index in [1.165, 1.54) is 0 Å². The molecule has 15 atom stereocenters. The van der Waals surface area contributed by atoms with Gasteiger partial charge in [0.1, 0.15) is 61.0 Å². The molecule has 2 aliphatic heterocycles. The maximum atomic E-state index is 12.4. The summed E-state index contributed by atoms with van der Waals surface area (Å²) >= 11 is 0. The second-order valence-corrected chi connectivity index (χ2v) is 11.0. The fourth-order valence-corrected chi connectivity index (χ4v) is 5.05. The Bertz CT molecular complexity index is 1010. The summed E-state index contributed by atoms with van der Waals surface area (Å²) in [5, 5.41) is 126. The van der Waals surface area contributed by atoms with Crippen LogP contribution in [-0.4, -0.2) is 197 Å². The summed E-state index contributed by atoms with van der Waals surface area (Å²) in [6.07, 6.45) is -24.4. The molecule has 2 aliphatic rings. The lowest BCUT2D eigenvalue weighted by Crippen LogP contribution is -2.68. The molecule has 14 N–H and O–H groups in total. The Kier molecular flexibility index (Phi) is 15.0. The summed E-state index contributed by atoms with van der Waals surface area (Å²) in [7, 11) is 0. The molecule has 0 aliphatic carbocycles. The molecule has 0 bridgehead atoms. The summed E-state index contributed by atoms with van der Waals surface area (Å²) in [4.78, 5) is 35.8. The van der Waals surface area contributed by atoms with Gasteiger partial charge in [-0.3, -0.25) is 9.59 Å². The Hall–Kier alpha value is -2.19. The standard InChI is InChI=1S/C25H44N2O19/c1-8(31)26-10(4-28)21(16(36)12(34)5-29)45-23-20(40)19(39)18(38)14(44-23)7-43-25(24(41)42)3-11(33)15(27-9(2)32)22(46-25)17(37)13(35)6-30/h10-23,28-30,33-40H,3-7H2,1-2H3,(H,26,31)(H,27,32)(H,41,42)/t10-,11-,12+,13+,14+,15+,16-,17+,18-,19-,20+,21+,22+,23-,25+/m0/s1. The lowest BCUT2D eigenvalue weighted by atomic mass is 9.88. The monoisotopic (exact) mass is 676 g/mol. The lowest BCUT2D eigenvalue weighted by molar-refractivity contribution is -0.346. The molecular weight excluding hydrogens is 632 g/mol. The molecule has 21 heteroatoms. The van der Waals surface area contributed by atoms with Crippen molar-refractivity contribution in [3.63, 3.8) is 0 Å². The van der Waals surface area contributed by atoms with Gasteiger partial charge in [0.25, 0.3) is 5.79 Å². The van der Waals surface area contributed by atoms with Gasteiger partial charge in [0.2, 0.25) is 11.8 Å². The number of aliphatic carboxylic acids is 1. The molecule has 0 aromatic rings. The van der Waals surface area contributed by atoms with Crippen molar-refractivity contribution < 1.29 is 94.6 Å². The van der Waals surface area contributed by atoms with Gasteiger partial charge in [-0.05, 0) is 0 Å². The van der Waals surface area contributed by atoms with Crippen LogP contribution in [0.25, 0.3) is 0 Å². The smallest absolute Gasteiger partial charge is 0.364 e. The minimum absolute atomic E-state index is 0.727. The van der Waals surface area contributed by atoms with Gasteiger partial charge in [-0.15, -0.1) is 0 Å². The topological polar surface area (TPSA) is 355 Å². The highest BCUT2D eigenvalue weighted by molar-refractivity contribution is 5.76. The Morgan fingerprint density at radius 2 is 1.50 bits per heavy atom. The fourth-order valence-electron chi connectivity index (χ4n) is 5.05. The van der Waals surface area contributed by atoms with Gasteiger partial charge in [-0.25, -0.2) is 4.79 Å². The molecule has 0 saturated carbocycles. The number of aliphatic hydroxyl groups is 11. The van der Waals surface area contributed by atoms with Crippen molar-refractivity contribution in [2.45, 2.75) is 112 Å². The third-order valence-electron chi connectivity index (χ3n) is 7.53. The van der Waals surface area contributed by atoms with Crippen LogP contribution >= 0.6 is 0 Å². The van der Waals surface area contributed by atoms with Gasteiger partial charge in [-0.2, -0.15) is 0 Å². The minimum Gasteiger partial charge on any atom is -0.477 e. The molecule has 0 aromatic heterocycles. The Balaban J connectivity index is 2.37. The van der Waals surface area contributed by atoms with Crippen LogP contribution < -0.4 is 10.6 Å². The number of nitrogens with one attached hydrogen (secondary N) is 2. The van der Waals surface area contributed by atoms with Gasteiger partial charge >= 0.3 is 5.97 Å². The number of ether oxygens (including phenoxy) is 4. The van der Waals surface area contributed by atoms with Crippen LogP contribution in [0.15, 0.2) is 0 Å². The number of hydrogen-bond donors (Lipinski definition) is 14. The van der Waals surface area contributed by atoms with Gasteiger partial charge in [0, 0.05) is 20.3 Å². The highest BCUT2D eigenvalue weighted by atomic mass is 16.7. The number of carboxylic acids is 1. The van der Waals surface area contributed by atoms with Crippen LogP contribution in [0.1, 0.15) is 20.3 Å². The van der Waals surface area contributed by atoms with E-state index in [4.69, 9.17) is 18.9 Å². The molecule has 0 unspecified atom stereocenters. The van der Waals surface area contributed by atoms with Gasteiger partial charge in [0.05, 0.1) is 44.6 Å². The van der Waals surface area contributed by atoms with E-state index in [1.54, 1.807) is 0 Å². The Labute approximate surface area is 261 Å². The normalized spacial score (nSPS) is 35.7. The molecule has 0 aromatic carbocycles. The van der Waals surface area contributed by atoms with Gasteiger partial charge < -0.3 is 90.9 Å². The summed E-state index contributed by atoms with van der Waals surface area (Å²) < 4.78 is 21.9. The maximum Gasteiger partial charge on any atom is 0.364 e. The van der Waals surface area contributed by atoms with Crippen molar-refractivity contribution in [3.05, 3.63) is 0 Å². The zero-order chi connectivity index (χ0) is 35.1. The quantitative estimate of drug-likeness (QED) is 0.0721. The average molecular weight is 677 g/mol. The number of carbonyl (C=O) groups excluding carboxylic acids is 2. The lowest BCUT2D eigenvalue weighted by Gasteiger charge is -2.47. The number of amides is 2. The number of aliphatic hydroxyl groups excluding tert-OH is 11. The summed E-state index contributed by atoms with van der Waals surface area (Å²) in [5.74, 6) is -6.23. The van der Waals surface area contributed by atoms with Crippen molar-refractivity contribution in [2.75, 3.05) is 26.4 Å². The number of hydrogen-bond acceptors (Lipinski definition) is 18. The Morgan fingerprint density at radius 3 is 2.00 bits per heavy atom. The van der Waals surface area contributed by atoms with Crippen LogP contribution in [0.5, 0.6) is 0 Å². The highest BCUT2D eigenvalue weighted by Gasteiger charge is 2.57. The van der Waals surface area contributed by atoms with Crippen LogP contribution in [0.3, 0.4) is 0 Å². The fraction of sp³-hybridized carbons (Fsp3) is 0.880. The molecule has 2 amide bonds. The first-order valence-corrected chi connectivity index (χ1v) is 14.1. The zero-order valence-corrected chi connectivity index (χ0v) is 24.8. The van der Waals surface area contributed by atoms with Crippen LogP contribution in [-0.2, 0) is 33.3 Å². The third-order valence-corrected chi connectivity index (χ3v) is 7.53. The van der Waals surface area contributed by atoms with Gasteiger partial charge in [-0.1, -0.05) is 0 Å². The molecule has 2 fully saturated rings. The third kappa shape index (κ3) is 9.46. The second-order valence-electron chi connectivity index (χ2n) is 11.0. The van der Waals surface area contributed by atoms with Crippen molar-refractivity contribution in [2.24, 2.45) is 0 Å². The van der Waals surface area contributed by atoms with E-state index in [0.717, 1.165) is 13.8 Å². The van der Waals surface area contributed by atoms with Crippen molar-refractivity contribution in [3.8, 4) is 0 Å². The molecule has 2 saturated heterocycles. The van der Waals surface area contributed by atoms with Crippen LogP contribution in [0.4, 0.5) is 0 Å². The van der Waals surface area contributed by atoms with E-state index in [-0.39, 0.29) is 0 Å². The summed E-state index contributed by atoms with van der Waals surface area (Å²) in [6.45, 7) is -1.87.